The number of hydrogen-bond acceptors (Lipinski definition) is 6. The molecular weight excluding hydrogens is 330 g/mol. The zero-order valence-electron chi connectivity index (χ0n) is 13.8. The summed E-state index contributed by atoms with van der Waals surface area (Å²) in [6.07, 6.45) is 3.15. The lowest BCUT2D eigenvalue weighted by atomic mass is 9.97. The van der Waals surface area contributed by atoms with Crippen LogP contribution in [0.25, 0.3) is 10.9 Å². The quantitative estimate of drug-likeness (QED) is 0.845. The first-order valence-electron chi connectivity index (χ1n) is 7.92. The molecule has 0 aliphatic carbocycles. The molecule has 24 heavy (non-hydrogen) atoms. The summed E-state index contributed by atoms with van der Waals surface area (Å²) in [6.45, 7) is 5.69. The van der Waals surface area contributed by atoms with Gasteiger partial charge in [-0.1, -0.05) is 0 Å². The molecule has 1 aliphatic heterocycles. The standard InChI is InChI=1S/C16H21N3O4S/c1-11-7-14-15(8-12(11)2)17-10-18-16(14)19-5-3-13(4-6-19)9-23-24(20,21)22/h7-8,10,13H,3-6,9H2,1-2H3,(H,20,21,22). The Kier molecular flexibility index (Phi) is 4.71. The van der Waals surface area contributed by atoms with Gasteiger partial charge >= 0.3 is 10.4 Å². The van der Waals surface area contributed by atoms with Gasteiger partial charge in [-0.15, -0.1) is 0 Å². The van der Waals surface area contributed by atoms with Crippen LogP contribution in [-0.4, -0.2) is 42.6 Å². The summed E-state index contributed by atoms with van der Waals surface area (Å²) in [6, 6.07) is 4.19. The summed E-state index contributed by atoms with van der Waals surface area (Å²) in [7, 11) is -4.36. The van der Waals surface area contributed by atoms with Crippen LogP contribution < -0.4 is 4.90 Å². The topological polar surface area (TPSA) is 92.6 Å². The van der Waals surface area contributed by atoms with E-state index in [1.807, 2.05) is 0 Å². The summed E-state index contributed by atoms with van der Waals surface area (Å²) in [5.41, 5.74) is 3.34. The van der Waals surface area contributed by atoms with E-state index in [4.69, 9.17) is 4.55 Å². The molecule has 1 fully saturated rings. The minimum absolute atomic E-state index is 0.0233. The number of hydrogen-bond donors (Lipinski definition) is 1. The maximum absolute atomic E-state index is 10.7. The van der Waals surface area contributed by atoms with Gasteiger partial charge in [0.15, 0.2) is 0 Å². The summed E-state index contributed by atoms with van der Waals surface area (Å²) in [5, 5.41) is 1.04. The molecule has 2 heterocycles. The van der Waals surface area contributed by atoms with Gasteiger partial charge in [0.05, 0.1) is 12.1 Å². The first kappa shape index (κ1) is 17.1. The van der Waals surface area contributed by atoms with Gasteiger partial charge in [-0.2, -0.15) is 8.42 Å². The maximum Gasteiger partial charge on any atom is 0.397 e. The molecule has 0 unspecified atom stereocenters. The van der Waals surface area contributed by atoms with Crippen LogP contribution in [0.15, 0.2) is 18.5 Å². The lowest BCUT2D eigenvalue weighted by Gasteiger charge is -2.32. The van der Waals surface area contributed by atoms with Crippen molar-refractivity contribution in [3.63, 3.8) is 0 Å². The van der Waals surface area contributed by atoms with E-state index in [0.717, 1.165) is 42.7 Å². The van der Waals surface area contributed by atoms with E-state index in [9.17, 15) is 8.42 Å². The predicted octanol–water partition coefficient (Wildman–Crippen LogP) is 2.28. The molecule has 130 valence electrons. The van der Waals surface area contributed by atoms with Crippen molar-refractivity contribution in [2.45, 2.75) is 26.7 Å². The Hall–Kier alpha value is -1.77. The molecule has 2 aromatic rings. The summed E-state index contributed by atoms with van der Waals surface area (Å²) in [4.78, 5) is 11.0. The van der Waals surface area contributed by atoms with Gasteiger partial charge in [0.2, 0.25) is 0 Å². The predicted molar refractivity (Wildman–Crippen MR) is 91.4 cm³/mol. The summed E-state index contributed by atoms with van der Waals surface area (Å²) < 4.78 is 34.5. The van der Waals surface area contributed by atoms with Crippen LogP contribution in [0.4, 0.5) is 5.82 Å². The van der Waals surface area contributed by atoms with E-state index < -0.39 is 10.4 Å². The molecular formula is C16H21N3O4S. The van der Waals surface area contributed by atoms with E-state index in [2.05, 4.69) is 45.0 Å². The third kappa shape index (κ3) is 3.82. The number of rotatable bonds is 4. The number of piperidine rings is 1. The van der Waals surface area contributed by atoms with Gasteiger partial charge in [0.1, 0.15) is 12.1 Å². The number of anilines is 1. The van der Waals surface area contributed by atoms with Crippen molar-refractivity contribution in [3.05, 3.63) is 29.6 Å². The third-order valence-electron chi connectivity index (χ3n) is 4.60. The summed E-state index contributed by atoms with van der Waals surface area (Å²) >= 11 is 0. The van der Waals surface area contributed by atoms with E-state index in [1.54, 1.807) is 6.33 Å². The van der Waals surface area contributed by atoms with Crippen molar-refractivity contribution in [1.82, 2.24) is 9.97 Å². The molecule has 0 amide bonds. The smallest absolute Gasteiger partial charge is 0.356 e. The average molecular weight is 351 g/mol. The fourth-order valence-corrected chi connectivity index (χ4v) is 3.41. The first-order chi connectivity index (χ1) is 11.3. The zero-order valence-corrected chi connectivity index (χ0v) is 14.6. The molecule has 1 aliphatic rings. The molecule has 3 rings (SSSR count). The monoisotopic (exact) mass is 351 g/mol. The van der Waals surface area contributed by atoms with Gasteiger partial charge in [-0.25, -0.2) is 14.2 Å². The van der Waals surface area contributed by atoms with Gasteiger partial charge in [0.25, 0.3) is 0 Å². The van der Waals surface area contributed by atoms with Crippen LogP contribution in [-0.2, 0) is 14.6 Å². The Morgan fingerprint density at radius 3 is 2.54 bits per heavy atom. The van der Waals surface area contributed by atoms with E-state index >= 15 is 0 Å². The van der Waals surface area contributed by atoms with Crippen molar-refractivity contribution in [2.75, 3.05) is 24.6 Å². The molecule has 0 saturated carbocycles. The van der Waals surface area contributed by atoms with Gasteiger partial charge < -0.3 is 4.90 Å². The number of aromatic nitrogens is 2. The highest BCUT2D eigenvalue weighted by atomic mass is 32.3. The fraction of sp³-hybridized carbons (Fsp3) is 0.500. The lowest BCUT2D eigenvalue weighted by Crippen LogP contribution is -2.36. The molecule has 0 radical (unpaired) electrons. The SMILES string of the molecule is Cc1cc2ncnc(N3CCC(COS(=O)(=O)O)CC3)c2cc1C. The fourth-order valence-electron chi connectivity index (χ4n) is 3.05. The second-order valence-corrected chi connectivity index (χ2v) is 7.38. The third-order valence-corrected chi connectivity index (χ3v) is 5.03. The van der Waals surface area contributed by atoms with Gasteiger partial charge in [-0.3, -0.25) is 4.55 Å². The zero-order chi connectivity index (χ0) is 17.3. The molecule has 7 nitrogen and oxygen atoms in total. The minimum Gasteiger partial charge on any atom is -0.356 e. The Morgan fingerprint density at radius 1 is 1.21 bits per heavy atom. The summed E-state index contributed by atoms with van der Waals surface area (Å²) in [5.74, 6) is 1.03. The molecule has 0 bridgehead atoms. The lowest BCUT2D eigenvalue weighted by molar-refractivity contribution is 0.203. The molecule has 1 aromatic heterocycles. The molecule has 1 saturated heterocycles. The van der Waals surface area contributed by atoms with Crippen LogP contribution in [0.1, 0.15) is 24.0 Å². The number of aryl methyl sites for hydroxylation is 2. The Bertz CT molecular complexity index is 846. The molecule has 0 atom stereocenters. The second-order valence-electron chi connectivity index (χ2n) is 6.29. The van der Waals surface area contributed by atoms with Crippen LogP contribution in [0, 0.1) is 19.8 Å². The van der Waals surface area contributed by atoms with E-state index in [0.29, 0.717) is 0 Å². The Labute approximate surface area is 141 Å². The average Bonchev–Trinajstić information content (AvgIpc) is 2.53. The van der Waals surface area contributed by atoms with Crippen molar-refractivity contribution >= 4 is 27.1 Å². The highest BCUT2D eigenvalue weighted by Gasteiger charge is 2.23. The van der Waals surface area contributed by atoms with E-state index in [1.165, 1.54) is 11.1 Å². The van der Waals surface area contributed by atoms with Crippen LogP contribution in [0.5, 0.6) is 0 Å². The van der Waals surface area contributed by atoms with Crippen LogP contribution in [0.3, 0.4) is 0 Å². The molecule has 0 spiro atoms. The Balaban J connectivity index is 1.75. The second kappa shape index (κ2) is 6.62. The molecule has 1 N–H and O–H groups in total. The molecule has 1 aromatic carbocycles. The molecule has 8 heteroatoms. The largest absolute Gasteiger partial charge is 0.397 e. The maximum atomic E-state index is 10.7. The number of fused-ring (bicyclic) bond motifs is 1. The van der Waals surface area contributed by atoms with Gasteiger partial charge in [0, 0.05) is 18.5 Å². The van der Waals surface area contributed by atoms with Crippen molar-refractivity contribution in [3.8, 4) is 0 Å². The van der Waals surface area contributed by atoms with E-state index in [-0.39, 0.29) is 12.5 Å². The van der Waals surface area contributed by atoms with Crippen LogP contribution in [0.2, 0.25) is 0 Å². The number of nitrogens with zero attached hydrogens (tertiary/aromatic N) is 3. The van der Waals surface area contributed by atoms with Crippen molar-refractivity contribution in [1.29, 1.82) is 0 Å². The Morgan fingerprint density at radius 2 is 1.88 bits per heavy atom. The highest BCUT2D eigenvalue weighted by molar-refractivity contribution is 7.80. The van der Waals surface area contributed by atoms with Crippen LogP contribution >= 0.6 is 0 Å². The highest BCUT2D eigenvalue weighted by Crippen LogP contribution is 2.29. The van der Waals surface area contributed by atoms with Crippen molar-refractivity contribution in [2.24, 2.45) is 5.92 Å². The first-order valence-corrected chi connectivity index (χ1v) is 9.29. The van der Waals surface area contributed by atoms with Crippen molar-refractivity contribution < 1.29 is 17.2 Å². The normalized spacial score (nSPS) is 16.7. The minimum atomic E-state index is -4.36. The number of benzene rings is 1. The van der Waals surface area contributed by atoms with Gasteiger partial charge in [-0.05, 0) is 55.9 Å².